The standard InChI is InChI=1S/C27H28BrNO5/c1-4-33-27(31)24-16(2)29-21-9-6-10-22(30)26(21)25(24)17-11-12-23(32-3)18(13-17)15-34-20-8-5-7-19(28)14-20/h5,7-8,11-14,25,29H,4,6,9-10,15H2,1-3H3. The number of carbonyl (C=O) groups excluding carboxylic acids is 2. The third-order valence-corrected chi connectivity index (χ3v) is 6.59. The molecule has 1 aliphatic heterocycles. The second-order valence-corrected chi connectivity index (χ2v) is 9.22. The topological polar surface area (TPSA) is 73.9 Å². The average molecular weight is 526 g/mol. The zero-order valence-corrected chi connectivity index (χ0v) is 21.2. The molecule has 7 heteroatoms. The van der Waals surface area contributed by atoms with Crippen LogP contribution in [0, 0.1) is 0 Å². The van der Waals surface area contributed by atoms with E-state index in [2.05, 4.69) is 21.2 Å². The Bertz CT molecular complexity index is 1180. The lowest BCUT2D eigenvalue weighted by Gasteiger charge is -2.34. The van der Waals surface area contributed by atoms with E-state index in [1.165, 1.54) is 0 Å². The second kappa shape index (κ2) is 10.5. The van der Waals surface area contributed by atoms with E-state index in [0.29, 0.717) is 23.3 Å². The van der Waals surface area contributed by atoms with Crippen molar-refractivity contribution in [2.45, 2.75) is 45.6 Å². The van der Waals surface area contributed by atoms with Crippen molar-refractivity contribution in [3.05, 3.63) is 80.6 Å². The minimum atomic E-state index is -0.501. The van der Waals surface area contributed by atoms with Gasteiger partial charge in [-0.05, 0) is 62.6 Å². The molecule has 2 aromatic carbocycles. The number of halogens is 1. The predicted octanol–water partition coefficient (Wildman–Crippen LogP) is 5.57. The molecule has 178 valence electrons. The molecule has 0 spiro atoms. The Balaban J connectivity index is 1.76. The first-order valence-electron chi connectivity index (χ1n) is 11.4. The number of ketones is 1. The van der Waals surface area contributed by atoms with Crippen LogP contribution in [0.25, 0.3) is 0 Å². The highest BCUT2D eigenvalue weighted by atomic mass is 79.9. The number of nitrogens with one attached hydrogen (secondary N) is 1. The van der Waals surface area contributed by atoms with Gasteiger partial charge in [0.25, 0.3) is 0 Å². The third-order valence-electron chi connectivity index (χ3n) is 6.10. The fraction of sp³-hybridized carbons (Fsp3) is 0.333. The van der Waals surface area contributed by atoms with Gasteiger partial charge in [-0.15, -0.1) is 0 Å². The maximum Gasteiger partial charge on any atom is 0.336 e. The SMILES string of the molecule is CCOC(=O)C1=C(C)NC2=C(C(=O)CCC2)C1c1ccc(OC)c(COc2cccc(Br)c2)c1. The Kier molecular flexibility index (Phi) is 7.41. The van der Waals surface area contributed by atoms with Gasteiger partial charge in [0.2, 0.25) is 0 Å². The number of esters is 1. The molecule has 0 saturated carbocycles. The first kappa shape index (κ1) is 24.1. The summed E-state index contributed by atoms with van der Waals surface area (Å²) in [4.78, 5) is 26.1. The summed E-state index contributed by atoms with van der Waals surface area (Å²) in [6.07, 6.45) is 2.05. The molecular weight excluding hydrogens is 498 g/mol. The summed E-state index contributed by atoms with van der Waals surface area (Å²) in [7, 11) is 1.61. The Morgan fingerprint density at radius 2 is 2.00 bits per heavy atom. The lowest BCUT2D eigenvalue weighted by atomic mass is 9.75. The fourth-order valence-electron chi connectivity index (χ4n) is 4.60. The largest absolute Gasteiger partial charge is 0.496 e. The average Bonchev–Trinajstić information content (AvgIpc) is 2.82. The van der Waals surface area contributed by atoms with E-state index in [9.17, 15) is 9.59 Å². The molecule has 0 amide bonds. The minimum Gasteiger partial charge on any atom is -0.496 e. The first-order chi connectivity index (χ1) is 16.4. The van der Waals surface area contributed by atoms with Crippen LogP contribution >= 0.6 is 15.9 Å². The molecule has 0 fully saturated rings. The molecule has 0 bridgehead atoms. The number of carbonyl (C=O) groups is 2. The Morgan fingerprint density at radius 1 is 1.18 bits per heavy atom. The lowest BCUT2D eigenvalue weighted by Crippen LogP contribution is -2.34. The van der Waals surface area contributed by atoms with E-state index < -0.39 is 11.9 Å². The van der Waals surface area contributed by atoms with Gasteiger partial charge < -0.3 is 19.5 Å². The van der Waals surface area contributed by atoms with Gasteiger partial charge in [-0.3, -0.25) is 4.79 Å². The molecule has 0 radical (unpaired) electrons. The Morgan fingerprint density at radius 3 is 2.74 bits per heavy atom. The molecule has 34 heavy (non-hydrogen) atoms. The normalized spacial score (nSPS) is 17.8. The zero-order valence-electron chi connectivity index (χ0n) is 19.6. The molecule has 6 nitrogen and oxygen atoms in total. The number of ether oxygens (including phenoxy) is 3. The van der Waals surface area contributed by atoms with Crippen molar-refractivity contribution in [2.24, 2.45) is 0 Å². The van der Waals surface area contributed by atoms with Crippen LogP contribution < -0.4 is 14.8 Å². The maximum absolute atomic E-state index is 13.1. The number of dihydropyridines is 1. The summed E-state index contributed by atoms with van der Waals surface area (Å²) in [6, 6.07) is 13.4. The number of methoxy groups -OCH3 is 1. The van der Waals surface area contributed by atoms with Crippen LogP contribution in [-0.4, -0.2) is 25.5 Å². The van der Waals surface area contributed by atoms with Crippen LogP contribution in [0.15, 0.2) is 69.5 Å². The number of rotatable bonds is 7. The van der Waals surface area contributed by atoms with Crippen LogP contribution in [0.4, 0.5) is 0 Å². The van der Waals surface area contributed by atoms with Crippen molar-refractivity contribution in [1.82, 2.24) is 5.32 Å². The first-order valence-corrected chi connectivity index (χ1v) is 12.2. The van der Waals surface area contributed by atoms with Gasteiger partial charge in [0.1, 0.15) is 18.1 Å². The van der Waals surface area contributed by atoms with E-state index in [1.54, 1.807) is 14.0 Å². The van der Waals surface area contributed by atoms with Gasteiger partial charge >= 0.3 is 5.97 Å². The van der Waals surface area contributed by atoms with Gasteiger partial charge in [0.15, 0.2) is 5.78 Å². The van der Waals surface area contributed by atoms with Gasteiger partial charge in [0.05, 0.1) is 19.3 Å². The highest BCUT2D eigenvalue weighted by molar-refractivity contribution is 9.10. The van der Waals surface area contributed by atoms with E-state index in [1.807, 2.05) is 49.4 Å². The van der Waals surface area contributed by atoms with E-state index >= 15 is 0 Å². The molecule has 1 unspecified atom stereocenters. The molecule has 2 aromatic rings. The molecular formula is C27H28BrNO5. The maximum atomic E-state index is 13.1. The van der Waals surface area contributed by atoms with Gasteiger partial charge in [-0.25, -0.2) is 4.79 Å². The summed E-state index contributed by atoms with van der Waals surface area (Å²) in [5, 5.41) is 3.31. The van der Waals surface area contributed by atoms with Crippen LogP contribution in [0.3, 0.4) is 0 Å². The number of hydrogen-bond acceptors (Lipinski definition) is 6. The number of Topliss-reactive ketones (excluding diaryl/α,β-unsaturated/α-hetero) is 1. The van der Waals surface area contributed by atoms with Crippen molar-refractivity contribution in [3.8, 4) is 11.5 Å². The van der Waals surface area contributed by atoms with Gasteiger partial charge in [0, 0.05) is 39.3 Å². The van der Waals surface area contributed by atoms with Crippen LogP contribution in [0.2, 0.25) is 0 Å². The summed E-state index contributed by atoms with van der Waals surface area (Å²) in [5.74, 6) is 0.550. The molecule has 1 aliphatic carbocycles. The molecule has 0 saturated heterocycles. The van der Waals surface area contributed by atoms with Crippen molar-refractivity contribution in [3.63, 3.8) is 0 Å². The number of allylic oxidation sites excluding steroid dienone is 3. The van der Waals surface area contributed by atoms with Crippen LogP contribution in [0.5, 0.6) is 11.5 Å². The number of hydrogen-bond donors (Lipinski definition) is 1. The summed E-state index contributed by atoms with van der Waals surface area (Å²) in [5.41, 5.74) is 4.41. The van der Waals surface area contributed by atoms with Crippen molar-refractivity contribution < 1.29 is 23.8 Å². The zero-order chi connectivity index (χ0) is 24.2. The Labute approximate surface area is 208 Å². The minimum absolute atomic E-state index is 0.0656. The molecule has 1 N–H and O–H groups in total. The summed E-state index contributed by atoms with van der Waals surface area (Å²) >= 11 is 3.46. The molecule has 1 heterocycles. The van der Waals surface area contributed by atoms with E-state index in [0.717, 1.165) is 45.6 Å². The van der Waals surface area contributed by atoms with Crippen LogP contribution in [0.1, 0.15) is 50.2 Å². The quantitative estimate of drug-likeness (QED) is 0.476. The molecule has 4 rings (SSSR count). The van der Waals surface area contributed by atoms with Crippen molar-refractivity contribution >= 4 is 27.7 Å². The van der Waals surface area contributed by atoms with E-state index in [-0.39, 0.29) is 19.0 Å². The third kappa shape index (κ3) is 4.89. The van der Waals surface area contributed by atoms with Crippen LogP contribution in [-0.2, 0) is 20.9 Å². The summed E-state index contributed by atoms with van der Waals surface area (Å²) in [6.45, 7) is 4.18. The summed E-state index contributed by atoms with van der Waals surface area (Å²) < 4.78 is 17.9. The monoisotopic (exact) mass is 525 g/mol. The number of benzene rings is 2. The smallest absolute Gasteiger partial charge is 0.336 e. The van der Waals surface area contributed by atoms with E-state index in [4.69, 9.17) is 14.2 Å². The molecule has 0 aromatic heterocycles. The van der Waals surface area contributed by atoms with Gasteiger partial charge in [-0.1, -0.05) is 28.1 Å². The Hall–Kier alpha value is -3.06. The molecule has 2 aliphatic rings. The van der Waals surface area contributed by atoms with Crippen molar-refractivity contribution in [1.29, 1.82) is 0 Å². The highest BCUT2D eigenvalue weighted by Gasteiger charge is 2.39. The highest BCUT2D eigenvalue weighted by Crippen LogP contribution is 2.43. The molecule has 1 atom stereocenters. The van der Waals surface area contributed by atoms with Gasteiger partial charge in [-0.2, -0.15) is 0 Å². The van der Waals surface area contributed by atoms with Crippen molar-refractivity contribution in [2.75, 3.05) is 13.7 Å². The fourth-order valence-corrected chi connectivity index (χ4v) is 4.98. The lowest BCUT2D eigenvalue weighted by molar-refractivity contribution is -0.138. The second-order valence-electron chi connectivity index (χ2n) is 8.30. The predicted molar refractivity (Wildman–Crippen MR) is 133 cm³/mol.